The van der Waals surface area contributed by atoms with E-state index in [1.54, 1.807) is 4.90 Å². The number of carbonyl (C=O) groups is 6. The molecule has 0 aromatic carbocycles. The first-order chi connectivity index (χ1) is 23.0. The fourth-order valence-corrected chi connectivity index (χ4v) is 6.39. The number of alkyl carbamates (subject to hydrolysis) is 1. The Hall–Kier alpha value is -3.64. The first-order valence-corrected chi connectivity index (χ1v) is 18.0. The van der Waals surface area contributed by atoms with Crippen LogP contribution in [0.3, 0.4) is 0 Å². The molecule has 13 nitrogen and oxygen atoms in total. The Morgan fingerprint density at radius 2 is 1.57 bits per heavy atom. The van der Waals surface area contributed by atoms with Crippen molar-refractivity contribution in [3.05, 3.63) is 12.7 Å². The van der Waals surface area contributed by atoms with Crippen LogP contribution in [0.5, 0.6) is 0 Å². The standard InChI is InChI=1S/C36H62N6O7/c1-10-15-26(30(43)32(45)37-18-11-2)39-31(44)27-19-25(22(3)4)20-42(27)33(46)29(24-16-13-12-14-17-24)41-34(47)40-28(36(7,8)9)21-49-35(48)38-23(5)6/h11,22-29H,2,10,12-21H2,1,3-9H3,(H,37,45)(H,38,48)(H,39,44)(H2,40,41,47)/t25-,26?,27?,28-,29+/m1/s1. The maximum atomic E-state index is 14.5. The number of nitrogens with zero attached hydrogens (tertiary/aromatic N) is 1. The van der Waals surface area contributed by atoms with Crippen LogP contribution in [0, 0.1) is 23.2 Å². The van der Waals surface area contributed by atoms with E-state index in [0.29, 0.717) is 19.4 Å². The van der Waals surface area contributed by atoms with Crippen molar-refractivity contribution in [2.24, 2.45) is 23.2 Å². The highest BCUT2D eigenvalue weighted by Gasteiger charge is 2.45. The molecule has 1 aliphatic carbocycles. The van der Waals surface area contributed by atoms with Crippen LogP contribution >= 0.6 is 0 Å². The van der Waals surface area contributed by atoms with Gasteiger partial charge < -0.3 is 36.2 Å². The maximum Gasteiger partial charge on any atom is 0.407 e. The van der Waals surface area contributed by atoms with Crippen molar-refractivity contribution in [1.82, 2.24) is 31.5 Å². The van der Waals surface area contributed by atoms with Gasteiger partial charge in [0.15, 0.2) is 0 Å². The molecule has 5 atom stereocenters. The number of Topliss-reactive ketones (excluding diaryl/α,β-unsaturated/α-hetero) is 1. The van der Waals surface area contributed by atoms with Gasteiger partial charge in [0.25, 0.3) is 5.91 Å². The predicted molar refractivity (Wildman–Crippen MR) is 188 cm³/mol. The second kappa shape index (κ2) is 19.5. The highest BCUT2D eigenvalue weighted by Crippen LogP contribution is 2.33. The molecule has 6 amide bonds. The van der Waals surface area contributed by atoms with Crippen LogP contribution in [0.15, 0.2) is 12.7 Å². The number of hydrogen-bond acceptors (Lipinski definition) is 7. The summed E-state index contributed by atoms with van der Waals surface area (Å²) >= 11 is 0. The van der Waals surface area contributed by atoms with Crippen LogP contribution in [-0.2, 0) is 23.9 Å². The number of ether oxygens (including phenoxy) is 1. The van der Waals surface area contributed by atoms with Crippen molar-refractivity contribution in [3.63, 3.8) is 0 Å². The third-order valence-electron chi connectivity index (χ3n) is 9.52. The second-order valence-corrected chi connectivity index (χ2v) is 15.3. The molecule has 1 saturated carbocycles. The Balaban J connectivity index is 2.32. The number of rotatable bonds is 16. The van der Waals surface area contributed by atoms with Gasteiger partial charge in [-0.2, -0.15) is 0 Å². The predicted octanol–water partition coefficient (Wildman–Crippen LogP) is 3.81. The molecule has 0 radical (unpaired) electrons. The number of urea groups is 1. The fraction of sp³-hybridized carbons (Fsp3) is 0.778. The van der Waals surface area contributed by atoms with E-state index in [1.807, 2.05) is 55.4 Å². The third-order valence-corrected chi connectivity index (χ3v) is 9.52. The van der Waals surface area contributed by atoms with E-state index >= 15 is 0 Å². The van der Waals surface area contributed by atoms with E-state index in [1.165, 1.54) is 6.08 Å². The molecule has 2 unspecified atom stereocenters. The van der Waals surface area contributed by atoms with Crippen molar-refractivity contribution < 1.29 is 33.5 Å². The lowest BCUT2D eigenvalue weighted by Gasteiger charge is -2.36. The largest absolute Gasteiger partial charge is 0.447 e. The summed E-state index contributed by atoms with van der Waals surface area (Å²) in [6.45, 7) is 19.3. The van der Waals surface area contributed by atoms with E-state index in [2.05, 4.69) is 33.2 Å². The molecular formula is C36H62N6O7. The van der Waals surface area contributed by atoms with E-state index in [9.17, 15) is 28.8 Å². The van der Waals surface area contributed by atoms with Gasteiger partial charge in [0.1, 0.15) is 18.7 Å². The van der Waals surface area contributed by atoms with Crippen molar-refractivity contribution >= 4 is 35.6 Å². The molecule has 0 bridgehead atoms. The number of ketones is 1. The molecule has 0 aromatic heterocycles. The van der Waals surface area contributed by atoms with Gasteiger partial charge in [0.05, 0.1) is 12.1 Å². The molecule has 0 spiro atoms. The van der Waals surface area contributed by atoms with Crippen molar-refractivity contribution in [3.8, 4) is 0 Å². The van der Waals surface area contributed by atoms with Gasteiger partial charge in [-0.05, 0) is 62.7 Å². The third kappa shape index (κ3) is 13.0. The summed E-state index contributed by atoms with van der Waals surface area (Å²) in [6, 6.07) is -4.00. The summed E-state index contributed by atoms with van der Waals surface area (Å²) in [4.78, 5) is 81.2. The second-order valence-electron chi connectivity index (χ2n) is 15.3. The number of likely N-dealkylation sites (tertiary alicyclic amines) is 1. The van der Waals surface area contributed by atoms with E-state index in [0.717, 1.165) is 32.1 Å². The lowest BCUT2D eigenvalue weighted by Crippen LogP contribution is -2.60. The van der Waals surface area contributed by atoms with Crippen LogP contribution in [0.25, 0.3) is 0 Å². The van der Waals surface area contributed by atoms with Gasteiger partial charge in [-0.25, -0.2) is 9.59 Å². The average Bonchev–Trinajstić information content (AvgIpc) is 3.49. The topological polar surface area (TPSA) is 175 Å². The zero-order chi connectivity index (χ0) is 36.9. The number of amides is 6. The minimum atomic E-state index is -1.03. The van der Waals surface area contributed by atoms with Gasteiger partial charge in [-0.3, -0.25) is 19.2 Å². The number of hydrogen-bond donors (Lipinski definition) is 5. The highest BCUT2D eigenvalue weighted by molar-refractivity contribution is 6.38. The Kier molecular flexibility index (Phi) is 16.5. The van der Waals surface area contributed by atoms with Crippen LogP contribution in [0.1, 0.15) is 107 Å². The average molecular weight is 691 g/mol. The molecule has 13 heteroatoms. The minimum absolute atomic E-state index is 0.0242. The van der Waals surface area contributed by atoms with Gasteiger partial charge in [-0.1, -0.05) is 73.3 Å². The normalized spacial score (nSPS) is 20.2. The van der Waals surface area contributed by atoms with Gasteiger partial charge in [-0.15, -0.1) is 6.58 Å². The zero-order valence-corrected chi connectivity index (χ0v) is 31.0. The van der Waals surface area contributed by atoms with E-state index in [-0.39, 0.29) is 49.3 Å². The molecule has 1 heterocycles. The molecule has 2 rings (SSSR count). The lowest BCUT2D eigenvalue weighted by molar-refractivity contribution is -0.143. The van der Waals surface area contributed by atoms with Crippen LogP contribution in [-0.4, -0.2) is 90.4 Å². The van der Waals surface area contributed by atoms with E-state index < -0.39 is 59.3 Å². The molecule has 278 valence electrons. The fourth-order valence-electron chi connectivity index (χ4n) is 6.39. The van der Waals surface area contributed by atoms with Gasteiger partial charge in [0.2, 0.25) is 17.6 Å². The first kappa shape index (κ1) is 41.5. The molecule has 0 aromatic rings. The molecule has 5 N–H and O–H groups in total. The van der Waals surface area contributed by atoms with E-state index in [4.69, 9.17) is 4.74 Å². The smallest absolute Gasteiger partial charge is 0.407 e. The maximum absolute atomic E-state index is 14.5. The molecule has 49 heavy (non-hydrogen) atoms. The van der Waals surface area contributed by atoms with Crippen molar-refractivity contribution in [1.29, 1.82) is 0 Å². The van der Waals surface area contributed by atoms with Crippen molar-refractivity contribution in [2.75, 3.05) is 19.7 Å². The lowest BCUT2D eigenvalue weighted by atomic mass is 9.83. The quantitative estimate of drug-likeness (QED) is 0.121. The first-order valence-electron chi connectivity index (χ1n) is 18.0. The molecule has 2 fully saturated rings. The Morgan fingerprint density at radius 1 is 0.918 bits per heavy atom. The Labute approximate surface area is 292 Å². The highest BCUT2D eigenvalue weighted by atomic mass is 16.5. The number of nitrogens with one attached hydrogen (secondary N) is 5. The van der Waals surface area contributed by atoms with Gasteiger partial charge in [0, 0.05) is 19.1 Å². The minimum Gasteiger partial charge on any atom is -0.447 e. The summed E-state index contributed by atoms with van der Waals surface area (Å²) < 4.78 is 5.40. The zero-order valence-electron chi connectivity index (χ0n) is 31.0. The van der Waals surface area contributed by atoms with Gasteiger partial charge >= 0.3 is 12.1 Å². The van der Waals surface area contributed by atoms with Crippen LogP contribution in [0.2, 0.25) is 0 Å². The monoisotopic (exact) mass is 690 g/mol. The number of carbonyl (C=O) groups excluding carboxylic acids is 6. The molecular weight excluding hydrogens is 628 g/mol. The summed E-state index contributed by atoms with van der Waals surface area (Å²) in [6.07, 6.45) is 6.51. The summed E-state index contributed by atoms with van der Waals surface area (Å²) in [7, 11) is 0. The summed E-state index contributed by atoms with van der Waals surface area (Å²) in [5.41, 5.74) is -0.475. The molecule has 2 aliphatic rings. The van der Waals surface area contributed by atoms with Crippen LogP contribution < -0.4 is 26.6 Å². The SMILES string of the molecule is C=CCNC(=O)C(=O)C(CCC)NC(=O)C1C[C@@H](C(C)C)CN1C(=O)[C@@H](NC(=O)N[C@H](COC(=O)NC(C)C)C(C)(C)C)C1CCCCC1. The van der Waals surface area contributed by atoms with Crippen LogP contribution in [0.4, 0.5) is 9.59 Å². The molecule has 1 aliphatic heterocycles. The van der Waals surface area contributed by atoms with Crippen molar-refractivity contribution in [2.45, 2.75) is 137 Å². The summed E-state index contributed by atoms with van der Waals surface area (Å²) in [5, 5.41) is 13.8. The Bertz CT molecular complexity index is 1160. The Morgan fingerprint density at radius 3 is 2.12 bits per heavy atom. The molecule has 1 saturated heterocycles. The summed E-state index contributed by atoms with van der Waals surface area (Å²) in [5.74, 6) is -2.30.